The maximum atomic E-state index is 11.9. The number of halogens is 1. The third kappa shape index (κ3) is 4.58. The monoisotopic (exact) mass is 282 g/mol. The molecular formula is C14H19ClN2O2. The minimum absolute atomic E-state index is 0. The average molecular weight is 283 g/mol. The molecule has 4 nitrogen and oxygen atoms in total. The fourth-order valence-corrected chi connectivity index (χ4v) is 1.89. The molecule has 0 unspecified atom stereocenters. The van der Waals surface area contributed by atoms with E-state index in [0.29, 0.717) is 13.2 Å². The first-order chi connectivity index (χ1) is 8.79. The molecule has 0 atom stereocenters. The van der Waals surface area contributed by atoms with Crippen molar-refractivity contribution in [1.82, 2.24) is 0 Å². The highest BCUT2D eigenvalue weighted by atomic mass is 35.5. The van der Waals surface area contributed by atoms with E-state index in [-0.39, 0.29) is 24.2 Å². The molecule has 0 fully saturated rings. The molecule has 0 heterocycles. The number of hydrogen-bond donors (Lipinski definition) is 2. The Balaban J connectivity index is 0.00000180. The van der Waals surface area contributed by atoms with Gasteiger partial charge in [0, 0.05) is 18.2 Å². The summed E-state index contributed by atoms with van der Waals surface area (Å²) in [5, 5.41) is 2.91. The van der Waals surface area contributed by atoms with E-state index < -0.39 is 0 Å². The van der Waals surface area contributed by atoms with E-state index in [4.69, 9.17) is 10.5 Å². The number of amides is 1. The molecule has 1 aromatic rings. The second-order valence-electron chi connectivity index (χ2n) is 4.29. The first kappa shape index (κ1) is 15.5. The van der Waals surface area contributed by atoms with Gasteiger partial charge >= 0.3 is 0 Å². The smallest absolute Gasteiger partial charge is 0.228 e. The average Bonchev–Trinajstić information content (AvgIpc) is 2.92. The normalized spacial score (nSPS) is 13.9. The minimum atomic E-state index is 0. The summed E-state index contributed by atoms with van der Waals surface area (Å²) in [5.74, 6) is 0.926. The fraction of sp³-hybridized carbons (Fsp3) is 0.357. The molecule has 0 bridgehead atoms. The Morgan fingerprint density at radius 1 is 1.26 bits per heavy atom. The summed E-state index contributed by atoms with van der Waals surface area (Å²) in [6.45, 7) is 0.993. The van der Waals surface area contributed by atoms with Crippen LogP contribution in [0.15, 0.2) is 36.4 Å². The van der Waals surface area contributed by atoms with Gasteiger partial charge in [0.2, 0.25) is 5.91 Å². The molecule has 1 amide bonds. The van der Waals surface area contributed by atoms with E-state index in [0.717, 1.165) is 24.3 Å². The highest BCUT2D eigenvalue weighted by molar-refractivity contribution is 5.93. The second-order valence-corrected chi connectivity index (χ2v) is 4.29. The molecule has 104 valence electrons. The molecule has 0 saturated heterocycles. The van der Waals surface area contributed by atoms with E-state index in [2.05, 4.69) is 5.32 Å². The lowest BCUT2D eigenvalue weighted by molar-refractivity contribution is -0.119. The summed E-state index contributed by atoms with van der Waals surface area (Å²) >= 11 is 0. The maximum Gasteiger partial charge on any atom is 0.228 e. The van der Waals surface area contributed by atoms with Crippen molar-refractivity contribution in [2.45, 2.75) is 12.8 Å². The van der Waals surface area contributed by atoms with E-state index >= 15 is 0 Å². The summed E-state index contributed by atoms with van der Waals surface area (Å²) in [7, 11) is 0. The predicted molar refractivity (Wildman–Crippen MR) is 78.7 cm³/mol. The van der Waals surface area contributed by atoms with Gasteiger partial charge in [0.25, 0.3) is 0 Å². The third-order valence-corrected chi connectivity index (χ3v) is 2.89. The quantitative estimate of drug-likeness (QED) is 0.815. The van der Waals surface area contributed by atoms with Crippen molar-refractivity contribution >= 4 is 24.0 Å². The van der Waals surface area contributed by atoms with Gasteiger partial charge in [0.1, 0.15) is 12.4 Å². The van der Waals surface area contributed by atoms with Crippen LogP contribution >= 0.6 is 12.4 Å². The number of anilines is 1. The zero-order valence-corrected chi connectivity index (χ0v) is 11.5. The number of rotatable bonds is 5. The Kier molecular flexibility index (Phi) is 6.39. The van der Waals surface area contributed by atoms with Crippen LogP contribution < -0.4 is 15.8 Å². The molecule has 3 N–H and O–H groups in total. The summed E-state index contributed by atoms with van der Waals surface area (Å²) in [6.07, 6.45) is 5.77. The van der Waals surface area contributed by atoms with Gasteiger partial charge in [-0.05, 0) is 37.1 Å². The Hall–Kier alpha value is -1.52. The zero-order valence-electron chi connectivity index (χ0n) is 10.7. The number of carbonyl (C=O) groups is 1. The van der Waals surface area contributed by atoms with Gasteiger partial charge in [-0.1, -0.05) is 12.2 Å². The molecule has 1 aromatic carbocycles. The van der Waals surface area contributed by atoms with Crippen molar-refractivity contribution in [2.75, 3.05) is 18.5 Å². The van der Waals surface area contributed by atoms with Crippen LogP contribution in [0.25, 0.3) is 0 Å². The van der Waals surface area contributed by atoms with Crippen LogP contribution in [0.2, 0.25) is 0 Å². The molecule has 1 aliphatic carbocycles. The molecule has 0 aliphatic heterocycles. The SMILES string of the molecule is Cl.NCCOc1ccc(NC(=O)C2CC=CC2)cc1. The van der Waals surface area contributed by atoms with Crippen molar-refractivity contribution in [3.63, 3.8) is 0 Å². The van der Waals surface area contributed by atoms with Crippen molar-refractivity contribution in [2.24, 2.45) is 11.7 Å². The van der Waals surface area contributed by atoms with Gasteiger partial charge in [-0.3, -0.25) is 4.79 Å². The first-order valence-corrected chi connectivity index (χ1v) is 6.18. The number of nitrogens with two attached hydrogens (primary N) is 1. The summed E-state index contributed by atoms with van der Waals surface area (Å²) in [4.78, 5) is 11.9. The van der Waals surface area contributed by atoms with Crippen molar-refractivity contribution in [3.8, 4) is 5.75 Å². The van der Waals surface area contributed by atoms with Crippen LogP contribution in [0.5, 0.6) is 5.75 Å². The van der Waals surface area contributed by atoms with Gasteiger partial charge < -0.3 is 15.8 Å². The molecule has 1 aliphatic rings. The van der Waals surface area contributed by atoms with Crippen LogP contribution in [0, 0.1) is 5.92 Å². The van der Waals surface area contributed by atoms with Gasteiger partial charge in [0.15, 0.2) is 0 Å². The number of hydrogen-bond acceptors (Lipinski definition) is 3. The van der Waals surface area contributed by atoms with E-state index in [1.165, 1.54) is 0 Å². The van der Waals surface area contributed by atoms with E-state index in [1.807, 2.05) is 36.4 Å². The highest BCUT2D eigenvalue weighted by Gasteiger charge is 2.18. The van der Waals surface area contributed by atoms with Gasteiger partial charge in [-0.15, -0.1) is 12.4 Å². The van der Waals surface area contributed by atoms with Crippen molar-refractivity contribution < 1.29 is 9.53 Å². The number of benzene rings is 1. The second kappa shape index (κ2) is 7.81. The number of ether oxygens (including phenoxy) is 1. The van der Waals surface area contributed by atoms with E-state index in [1.54, 1.807) is 0 Å². The van der Waals surface area contributed by atoms with Crippen LogP contribution in [0.3, 0.4) is 0 Å². The number of allylic oxidation sites excluding steroid dienone is 2. The Bertz CT molecular complexity index is 424. The van der Waals surface area contributed by atoms with Crippen molar-refractivity contribution in [1.29, 1.82) is 0 Å². The van der Waals surface area contributed by atoms with Gasteiger partial charge in [-0.25, -0.2) is 0 Å². The van der Waals surface area contributed by atoms with Gasteiger partial charge in [-0.2, -0.15) is 0 Å². The molecule has 0 saturated carbocycles. The molecule has 5 heteroatoms. The maximum absolute atomic E-state index is 11.9. The zero-order chi connectivity index (χ0) is 12.8. The lowest BCUT2D eigenvalue weighted by atomic mass is 10.1. The lowest BCUT2D eigenvalue weighted by Gasteiger charge is -2.11. The molecule has 0 aromatic heterocycles. The van der Waals surface area contributed by atoms with Gasteiger partial charge in [0.05, 0.1) is 0 Å². The predicted octanol–water partition coefficient (Wildman–Crippen LogP) is 2.35. The van der Waals surface area contributed by atoms with Crippen LogP contribution in [-0.4, -0.2) is 19.1 Å². The standard InChI is InChI=1S/C14H18N2O2.ClH/c15-9-10-18-13-7-5-12(6-8-13)16-14(17)11-3-1-2-4-11;/h1-2,5-8,11H,3-4,9-10,15H2,(H,16,17);1H. The Morgan fingerprint density at radius 2 is 1.89 bits per heavy atom. The highest BCUT2D eigenvalue weighted by Crippen LogP contribution is 2.21. The van der Waals surface area contributed by atoms with E-state index in [9.17, 15) is 4.79 Å². The molecule has 2 rings (SSSR count). The minimum Gasteiger partial charge on any atom is -0.492 e. The van der Waals surface area contributed by atoms with Crippen LogP contribution in [-0.2, 0) is 4.79 Å². The largest absolute Gasteiger partial charge is 0.492 e. The molecule has 0 radical (unpaired) electrons. The summed E-state index contributed by atoms with van der Waals surface area (Å²) < 4.78 is 5.37. The number of carbonyl (C=O) groups excluding carboxylic acids is 1. The van der Waals surface area contributed by atoms with Crippen molar-refractivity contribution in [3.05, 3.63) is 36.4 Å². The summed E-state index contributed by atoms with van der Waals surface area (Å²) in [6, 6.07) is 7.34. The summed E-state index contributed by atoms with van der Waals surface area (Å²) in [5.41, 5.74) is 6.15. The number of nitrogens with one attached hydrogen (secondary N) is 1. The van der Waals surface area contributed by atoms with Crippen LogP contribution in [0.4, 0.5) is 5.69 Å². The van der Waals surface area contributed by atoms with Crippen LogP contribution in [0.1, 0.15) is 12.8 Å². The lowest BCUT2D eigenvalue weighted by Crippen LogP contribution is -2.20. The molecular weight excluding hydrogens is 264 g/mol. The topological polar surface area (TPSA) is 64.3 Å². The molecule has 0 spiro atoms. The third-order valence-electron chi connectivity index (χ3n) is 2.89. The first-order valence-electron chi connectivity index (χ1n) is 6.18. The molecule has 19 heavy (non-hydrogen) atoms. The Labute approximate surface area is 119 Å². The Morgan fingerprint density at radius 3 is 2.47 bits per heavy atom. The fourth-order valence-electron chi connectivity index (χ4n) is 1.89.